The van der Waals surface area contributed by atoms with Gasteiger partial charge in [-0.1, -0.05) is 25.1 Å². The van der Waals surface area contributed by atoms with Crippen molar-refractivity contribution in [1.29, 1.82) is 0 Å². The standard InChI is InChI=1S/C25H23N3O3S/c1-4-16-6-9-17(10-7-16)23(29)28-25(32)27-20-13-18(8-5-15(20)2)24-26-21-14-19(30-3)11-12-22(21)31-24/h5-14H,4H2,1-3H3,(H2,27,28,29,32). The first-order chi connectivity index (χ1) is 15.5. The van der Waals surface area contributed by atoms with Gasteiger partial charge in [0.05, 0.1) is 7.11 Å². The van der Waals surface area contributed by atoms with Crippen molar-refractivity contribution in [2.24, 2.45) is 0 Å². The number of anilines is 1. The monoisotopic (exact) mass is 445 g/mol. The summed E-state index contributed by atoms with van der Waals surface area (Å²) >= 11 is 5.36. The van der Waals surface area contributed by atoms with Gasteiger partial charge in [0.15, 0.2) is 10.7 Å². The minimum Gasteiger partial charge on any atom is -0.497 e. The van der Waals surface area contributed by atoms with Crippen LogP contribution in [0.1, 0.15) is 28.4 Å². The maximum Gasteiger partial charge on any atom is 0.257 e. The SMILES string of the molecule is CCc1ccc(C(=O)NC(=S)Nc2cc(-c3nc4cc(OC)ccc4o3)ccc2C)cc1. The summed E-state index contributed by atoms with van der Waals surface area (Å²) in [5.41, 5.74) is 5.63. The van der Waals surface area contributed by atoms with Gasteiger partial charge in [-0.05, 0) is 73.1 Å². The Morgan fingerprint density at radius 1 is 1.09 bits per heavy atom. The average Bonchev–Trinajstić information content (AvgIpc) is 3.23. The quantitative estimate of drug-likeness (QED) is 0.395. The van der Waals surface area contributed by atoms with Gasteiger partial charge in [-0.25, -0.2) is 4.98 Å². The molecule has 0 aliphatic heterocycles. The molecule has 2 N–H and O–H groups in total. The molecule has 0 spiro atoms. The first-order valence-corrected chi connectivity index (χ1v) is 10.6. The molecule has 7 heteroatoms. The van der Waals surface area contributed by atoms with Gasteiger partial charge >= 0.3 is 0 Å². The molecule has 1 aromatic heterocycles. The summed E-state index contributed by atoms with van der Waals surface area (Å²) in [6.07, 6.45) is 0.922. The minimum atomic E-state index is -0.258. The summed E-state index contributed by atoms with van der Waals surface area (Å²) in [4.78, 5) is 17.1. The second-order valence-electron chi connectivity index (χ2n) is 7.34. The molecule has 0 fully saturated rings. The number of benzene rings is 3. The largest absolute Gasteiger partial charge is 0.497 e. The molecule has 1 heterocycles. The number of nitrogens with one attached hydrogen (secondary N) is 2. The lowest BCUT2D eigenvalue weighted by Gasteiger charge is -2.13. The summed E-state index contributed by atoms with van der Waals surface area (Å²) in [6, 6.07) is 18.7. The molecule has 3 aromatic carbocycles. The van der Waals surface area contributed by atoms with Crippen LogP contribution in [0.15, 0.2) is 65.1 Å². The second kappa shape index (κ2) is 9.20. The molecule has 4 rings (SSSR count). The summed E-state index contributed by atoms with van der Waals surface area (Å²) < 4.78 is 11.1. The summed E-state index contributed by atoms with van der Waals surface area (Å²) in [5.74, 6) is 0.947. The lowest BCUT2D eigenvalue weighted by Crippen LogP contribution is -2.34. The molecule has 0 unspecified atom stereocenters. The van der Waals surface area contributed by atoms with Crippen LogP contribution in [0.2, 0.25) is 0 Å². The van der Waals surface area contributed by atoms with Gasteiger partial charge in [-0.3, -0.25) is 10.1 Å². The van der Waals surface area contributed by atoms with E-state index in [1.807, 2.05) is 55.5 Å². The Morgan fingerprint density at radius 3 is 2.59 bits per heavy atom. The molecule has 0 saturated heterocycles. The van der Waals surface area contributed by atoms with Crippen LogP contribution in [0.4, 0.5) is 5.69 Å². The third-order valence-corrected chi connectivity index (χ3v) is 5.38. The third kappa shape index (κ3) is 4.63. The number of oxazole rings is 1. The van der Waals surface area contributed by atoms with E-state index in [1.54, 1.807) is 19.2 Å². The van der Waals surface area contributed by atoms with Gasteiger partial charge in [-0.15, -0.1) is 0 Å². The number of nitrogens with zero attached hydrogens (tertiary/aromatic N) is 1. The van der Waals surface area contributed by atoms with Crippen LogP contribution < -0.4 is 15.4 Å². The van der Waals surface area contributed by atoms with Gasteiger partial charge in [-0.2, -0.15) is 0 Å². The lowest BCUT2D eigenvalue weighted by molar-refractivity contribution is 0.0977. The highest BCUT2D eigenvalue weighted by Crippen LogP contribution is 2.29. The Labute approximate surface area is 191 Å². The van der Waals surface area contributed by atoms with Crippen LogP contribution in [-0.4, -0.2) is 23.1 Å². The highest BCUT2D eigenvalue weighted by Gasteiger charge is 2.13. The van der Waals surface area contributed by atoms with Crippen LogP contribution in [0, 0.1) is 6.92 Å². The van der Waals surface area contributed by atoms with Crippen LogP contribution in [0.3, 0.4) is 0 Å². The van der Waals surface area contributed by atoms with Crippen molar-refractivity contribution in [1.82, 2.24) is 10.3 Å². The zero-order chi connectivity index (χ0) is 22.7. The highest BCUT2D eigenvalue weighted by molar-refractivity contribution is 7.80. The molecule has 0 aliphatic rings. The molecule has 1 amide bonds. The number of aryl methyl sites for hydroxylation is 2. The third-order valence-electron chi connectivity index (χ3n) is 5.18. The Bertz CT molecular complexity index is 1300. The van der Waals surface area contributed by atoms with E-state index in [0.717, 1.165) is 23.2 Å². The van der Waals surface area contributed by atoms with Gasteiger partial charge < -0.3 is 14.5 Å². The Balaban J connectivity index is 1.51. The van der Waals surface area contributed by atoms with Crippen LogP contribution in [-0.2, 0) is 6.42 Å². The van der Waals surface area contributed by atoms with Crippen molar-refractivity contribution >= 4 is 40.0 Å². The van der Waals surface area contributed by atoms with E-state index in [1.165, 1.54) is 5.56 Å². The Morgan fingerprint density at radius 2 is 1.88 bits per heavy atom. The number of hydrogen-bond donors (Lipinski definition) is 2. The van der Waals surface area contributed by atoms with Crippen molar-refractivity contribution in [3.8, 4) is 17.2 Å². The van der Waals surface area contributed by atoms with E-state index in [9.17, 15) is 4.79 Å². The number of fused-ring (bicyclic) bond motifs is 1. The molecular formula is C25H23N3O3S. The lowest BCUT2D eigenvalue weighted by atomic mass is 10.1. The first kappa shape index (κ1) is 21.5. The molecule has 32 heavy (non-hydrogen) atoms. The van der Waals surface area contributed by atoms with Crippen molar-refractivity contribution in [2.75, 3.05) is 12.4 Å². The smallest absolute Gasteiger partial charge is 0.257 e. The van der Waals surface area contributed by atoms with Gasteiger partial charge in [0.2, 0.25) is 5.89 Å². The van der Waals surface area contributed by atoms with E-state index < -0.39 is 0 Å². The number of ether oxygens (including phenoxy) is 1. The summed E-state index contributed by atoms with van der Waals surface area (Å²) in [6.45, 7) is 4.03. The molecule has 0 aliphatic carbocycles. The summed E-state index contributed by atoms with van der Waals surface area (Å²) in [7, 11) is 1.61. The van der Waals surface area contributed by atoms with Gasteiger partial charge in [0, 0.05) is 22.9 Å². The number of rotatable bonds is 5. The fourth-order valence-corrected chi connectivity index (χ4v) is 3.47. The minimum absolute atomic E-state index is 0.220. The van der Waals surface area contributed by atoms with E-state index in [2.05, 4.69) is 22.5 Å². The topological polar surface area (TPSA) is 76.4 Å². The van der Waals surface area contributed by atoms with E-state index >= 15 is 0 Å². The fourth-order valence-electron chi connectivity index (χ4n) is 3.27. The van der Waals surface area contributed by atoms with Crippen molar-refractivity contribution in [3.63, 3.8) is 0 Å². The van der Waals surface area contributed by atoms with Crippen molar-refractivity contribution < 1.29 is 13.9 Å². The Hall–Kier alpha value is -3.71. The zero-order valence-electron chi connectivity index (χ0n) is 18.1. The number of aromatic nitrogens is 1. The molecule has 0 saturated carbocycles. The maximum absolute atomic E-state index is 12.5. The van der Waals surface area contributed by atoms with Crippen LogP contribution in [0.5, 0.6) is 5.75 Å². The zero-order valence-corrected chi connectivity index (χ0v) is 18.9. The number of amides is 1. The molecule has 162 valence electrons. The van der Waals surface area contributed by atoms with Crippen LogP contribution in [0.25, 0.3) is 22.6 Å². The fraction of sp³-hybridized carbons (Fsp3) is 0.160. The molecular weight excluding hydrogens is 422 g/mol. The summed E-state index contributed by atoms with van der Waals surface area (Å²) in [5, 5.41) is 6.06. The molecule has 6 nitrogen and oxygen atoms in total. The predicted molar refractivity (Wildman–Crippen MR) is 130 cm³/mol. The average molecular weight is 446 g/mol. The number of carbonyl (C=O) groups is 1. The van der Waals surface area contributed by atoms with Crippen molar-refractivity contribution in [2.45, 2.75) is 20.3 Å². The normalized spacial score (nSPS) is 10.7. The predicted octanol–water partition coefficient (Wildman–Crippen LogP) is 5.50. The van der Waals surface area contributed by atoms with Crippen molar-refractivity contribution in [3.05, 3.63) is 77.4 Å². The molecule has 0 bridgehead atoms. The molecule has 0 radical (unpaired) electrons. The number of carbonyl (C=O) groups excluding carboxylic acids is 1. The number of thiocarbonyl (C=S) groups is 1. The van der Waals surface area contributed by atoms with Gasteiger partial charge in [0.25, 0.3) is 5.91 Å². The first-order valence-electron chi connectivity index (χ1n) is 10.2. The molecule has 4 aromatic rings. The van der Waals surface area contributed by atoms with Gasteiger partial charge in [0.1, 0.15) is 11.3 Å². The highest BCUT2D eigenvalue weighted by atomic mass is 32.1. The van der Waals surface area contributed by atoms with E-state index in [4.69, 9.17) is 21.4 Å². The number of hydrogen-bond acceptors (Lipinski definition) is 5. The van der Waals surface area contributed by atoms with E-state index in [0.29, 0.717) is 28.3 Å². The number of methoxy groups -OCH3 is 1. The molecule has 0 atom stereocenters. The maximum atomic E-state index is 12.5. The van der Waals surface area contributed by atoms with Crippen LogP contribution >= 0.6 is 12.2 Å². The second-order valence-corrected chi connectivity index (χ2v) is 7.75. The van der Waals surface area contributed by atoms with E-state index in [-0.39, 0.29) is 11.0 Å². The Kier molecular flexibility index (Phi) is 6.18.